The molecular formula is C14H20N2O2. The van der Waals surface area contributed by atoms with Crippen molar-refractivity contribution in [2.24, 2.45) is 5.92 Å². The van der Waals surface area contributed by atoms with Gasteiger partial charge in [-0.1, -0.05) is 25.1 Å². The van der Waals surface area contributed by atoms with Gasteiger partial charge in [0.1, 0.15) is 5.75 Å². The van der Waals surface area contributed by atoms with Crippen molar-refractivity contribution in [1.29, 1.82) is 0 Å². The molecule has 0 fully saturated rings. The minimum atomic E-state index is -0.0231. The number of rotatable bonds is 4. The second kappa shape index (κ2) is 5.87. The zero-order valence-corrected chi connectivity index (χ0v) is 10.9. The van der Waals surface area contributed by atoms with Crippen LogP contribution in [0.3, 0.4) is 0 Å². The minimum Gasteiger partial charge on any atom is -0.493 e. The molecule has 2 unspecified atom stereocenters. The predicted octanol–water partition coefficient (Wildman–Crippen LogP) is 1.48. The highest BCUT2D eigenvalue weighted by Gasteiger charge is 2.24. The van der Waals surface area contributed by atoms with Gasteiger partial charge in [0.15, 0.2) is 0 Å². The summed E-state index contributed by atoms with van der Waals surface area (Å²) in [5.74, 6) is 0.950. The van der Waals surface area contributed by atoms with Crippen molar-refractivity contribution in [3.05, 3.63) is 29.8 Å². The molecule has 98 valence electrons. The molecule has 0 saturated carbocycles. The fraction of sp³-hybridized carbons (Fsp3) is 0.500. The summed E-state index contributed by atoms with van der Waals surface area (Å²) in [4.78, 5) is 12.0. The molecule has 2 atom stereocenters. The molecule has 0 radical (unpaired) electrons. The molecule has 1 aliphatic heterocycles. The summed E-state index contributed by atoms with van der Waals surface area (Å²) in [5, 5.41) is 6.12. The first-order valence-corrected chi connectivity index (χ1v) is 6.39. The summed E-state index contributed by atoms with van der Waals surface area (Å²) < 4.78 is 5.58. The molecule has 2 rings (SSSR count). The predicted molar refractivity (Wildman–Crippen MR) is 70.5 cm³/mol. The van der Waals surface area contributed by atoms with E-state index >= 15 is 0 Å². The van der Waals surface area contributed by atoms with Crippen LogP contribution >= 0.6 is 0 Å². The Morgan fingerprint density at radius 1 is 1.50 bits per heavy atom. The van der Waals surface area contributed by atoms with Crippen LogP contribution in [0.25, 0.3) is 0 Å². The number of nitrogens with one attached hydrogen (secondary N) is 2. The van der Waals surface area contributed by atoms with Crippen molar-refractivity contribution in [1.82, 2.24) is 10.6 Å². The van der Waals surface area contributed by atoms with Crippen LogP contribution in [0.2, 0.25) is 0 Å². The van der Waals surface area contributed by atoms with E-state index in [1.807, 2.05) is 38.2 Å². The smallest absolute Gasteiger partial charge is 0.224 e. The number of hydrogen-bond donors (Lipinski definition) is 2. The van der Waals surface area contributed by atoms with Gasteiger partial charge in [0.2, 0.25) is 5.91 Å². The topological polar surface area (TPSA) is 50.4 Å². The molecule has 1 heterocycles. The maximum atomic E-state index is 12.0. The van der Waals surface area contributed by atoms with E-state index in [4.69, 9.17) is 4.74 Å². The lowest BCUT2D eigenvalue weighted by atomic mass is 9.99. The van der Waals surface area contributed by atoms with E-state index in [1.165, 1.54) is 0 Å². The molecule has 0 bridgehead atoms. The molecule has 1 aromatic rings. The Morgan fingerprint density at radius 2 is 2.28 bits per heavy atom. The van der Waals surface area contributed by atoms with E-state index in [0.717, 1.165) is 17.7 Å². The molecule has 0 aliphatic carbocycles. The van der Waals surface area contributed by atoms with Crippen molar-refractivity contribution in [2.75, 3.05) is 20.2 Å². The van der Waals surface area contributed by atoms with Crippen LogP contribution in [0.15, 0.2) is 24.3 Å². The Balaban J connectivity index is 2.05. The van der Waals surface area contributed by atoms with Gasteiger partial charge in [0.05, 0.1) is 12.6 Å². The van der Waals surface area contributed by atoms with Gasteiger partial charge in [-0.3, -0.25) is 4.79 Å². The maximum absolute atomic E-state index is 12.0. The molecule has 0 aromatic heterocycles. The number of hydrogen-bond acceptors (Lipinski definition) is 3. The Hall–Kier alpha value is -1.55. The van der Waals surface area contributed by atoms with Crippen LogP contribution in [0.5, 0.6) is 5.75 Å². The third kappa shape index (κ3) is 2.82. The van der Waals surface area contributed by atoms with Gasteiger partial charge in [-0.2, -0.15) is 0 Å². The fourth-order valence-corrected chi connectivity index (χ4v) is 2.20. The van der Waals surface area contributed by atoms with Gasteiger partial charge in [0.25, 0.3) is 0 Å². The van der Waals surface area contributed by atoms with E-state index in [2.05, 4.69) is 10.6 Å². The van der Waals surface area contributed by atoms with Crippen LogP contribution < -0.4 is 15.4 Å². The largest absolute Gasteiger partial charge is 0.493 e. The van der Waals surface area contributed by atoms with E-state index in [1.54, 1.807) is 0 Å². The highest BCUT2D eigenvalue weighted by Crippen LogP contribution is 2.31. The lowest BCUT2D eigenvalue weighted by Gasteiger charge is -2.27. The standard InChI is InChI=1S/C14H20N2O2/c1-10(9-15-2)14(17)16-12-7-8-18-13-6-4-3-5-11(12)13/h3-6,10,12,15H,7-9H2,1-2H3,(H,16,17). The second-order valence-corrected chi connectivity index (χ2v) is 4.69. The first-order valence-electron chi connectivity index (χ1n) is 6.39. The Labute approximate surface area is 108 Å². The summed E-state index contributed by atoms with van der Waals surface area (Å²) in [6.45, 7) is 3.27. The second-order valence-electron chi connectivity index (χ2n) is 4.69. The Morgan fingerprint density at radius 3 is 3.06 bits per heavy atom. The van der Waals surface area contributed by atoms with Gasteiger partial charge in [0, 0.05) is 24.4 Å². The molecular weight excluding hydrogens is 228 g/mol. The molecule has 0 spiro atoms. The van der Waals surface area contributed by atoms with Gasteiger partial charge >= 0.3 is 0 Å². The average molecular weight is 248 g/mol. The Kier molecular flexibility index (Phi) is 4.20. The number of fused-ring (bicyclic) bond motifs is 1. The maximum Gasteiger partial charge on any atom is 0.224 e. The molecule has 4 nitrogen and oxygen atoms in total. The number of carbonyl (C=O) groups is 1. The summed E-state index contributed by atoms with van der Waals surface area (Å²) in [7, 11) is 1.85. The van der Waals surface area contributed by atoms with Crippen molar-refractivity contribution >= 4 is 5.91 Å². The molecule has 2 N–H and O–H groups in total. The quantitative estimate of drug-likeness (QED) is 0.848. The zero-order valence-electron chi connectivity index (χ0n) is 10.9. The van der Waals surface area contributed by atoms with Gasteiger partial charge in [-0.05, 0) is 13.1 Å². The fourth-order valence-electron chi connectivity index (χ4n) is 2.20. The third-order valence-electron chi connectivity index (χ3n) is 3.23. The molecule has 1 amide bonds. The van der Waals surface area contributed by atoms with Gasteiger partial charge in [-0.15, -0.1) is 0 Å². The number of benzene rings is 1. The van der Waals surface area contributed by atoms with E-state index in [9.17, 15) is 4.79 Å². The van der Waals surface area contributed by atoms with E-state index in [-0.39, 0.29) is 17.9 Å². The van der Waals surface area contributed by atoms with Crippen LogP contribution in [0.4, 0.5) is 0 Å². The molecule has 4 heteroatoms. The summed E-state index contributed by atoms with van der Waals surface area (Å²) in [5.41, 5.74) is 1.08. The Bertz CT molecular complexity index is 420. The summed E-state index contributed by atoms with van der Waals surface area (Å²) in [6.07, 6.45) is 0.828. The lowest BCUT2D eigenvalue weighted by molar-refractivity contribution is -0.125. The average Bonchev–Trinajstić information content (AvgIpc) is 2.39. The number of amides is 1. The molecule has 1 aliphatic rings. The van der Waals surface area contributed by atoms with Crippen LogP contribution in [0.1, 0.15) is 24.9 Å². The van der Waals surface area contributed by atoms with Crippen LogP contribution in [-0.4, -0.2) is 26.1 Å². The normalized spacial score (nSPS) is 19.6. The number of ether oxygens (including phenoxy) is 1. The lowest BCUT2D eigenvalue weighted by Crippen LogP contribution is -2.38. The monoisotopic (exact) mass is 248 g/mol. The zero-order chi connectivity index (χ0) is 13.0. The molecule has 1 aromatic carbocycles. The number of carbonyl (C=O) groups excluding carboxylic acids is 1. The third-order valence-corrected chi connectivity index (χ3v) is 3.23. The first-order chi connectivity index (χ1) is 8.72. The van der Waals surface area contributed by atoms with E-state index < -0.39 is 0 Å². The van der Waals surface area contributed by atoms with Crippen LogP contribution in [-0.2, 0) is 4.79 Å². The van der Waals surface area contributed by atoms with Crippen molar-refractivity contribution in [3.63, 3.8) is 0 Å². The SMILES string of the molecule is CNCC(C)C(=O)NC1CCOc2ccccc21. The molecule has 0 saturated heterocycles. The number of para-hydroxylation sites is 1. The van der Waals surface area contributed by atoms with Crippen molar-refractivity contribution in [2.45, 2.75) is 19.4 Å². The minimum absolute atomic E-state index is 0.0231. The van der Waals surface area contributed by atoms with E-state index in [0.29, 0.717) is 13.2 Å². The summed E-state index contributed by atoms with van der Waals surface area (Å²) in [6, 6.07) is 7.96. The van der Waals surface area contributed by atoms with Gasteiger partial charge in [-0.25, -0.2) is 0 Å². The van der Waals surface area contributed by atoms with Gasteiger partial charge < -0.3 is 15.4 Å². The first kappa shape index (κ1) is 12.9. The highest BCUT2D eigenvalue weighted by atomic mass is 16.5. The van der Waals surface area contributed by atoms with Crippen LogP contribution in [0, 0.1) is 5.92 Å². The highest BCUT2D eigenvalue weighted by molar-refractivity contribution is 5.79. The van der Waals surface area contributed by atoms with Crippen molar-refractivity contribution < 1.29 is 9.53 Å². The van der Waals surface area contributed by atoms with Crippen molar-refractivity contribution in [3.8, 4) is 5.75 Å². The molecule has 18 heavy (non-hydrogen) atoms. The summed E-state index contributed by atoms with van der Waals surface area (Å²) >= 11 is 0.